The fraction of sp³-hybridized carbons (Fsp3) is 0.370. The van der Waals surface area contributed by atoms with E-state index in [4.69, 9.17) is 14.2 Å². The Hall–Kier alpha value is -3.73. The lowest BCUT2D eigenvalue weighted by molar-refractivity contribution is -0.139. The minimum atomic E-state index is -1.10. The van der Waals surface area contributed by atoms with Gasteiger partial charge >= 0.3 is 11.8 Å². The van der Waals surface area contributed by atoms with Crippen LogP contribution in [0.1, 0.15) is 37.1 Å². The highest BCUT2D eigenvalue weighted by molar-refractivity contribution is 5.79. The fourth-order valence-electron chi connectivity index (χ4n) is 5.90. The molecule has 6 rings (SSSR count). The molecule has 3 heterocycles. The van der Waals surface area contributed by atoms with Gasteiger partial charge in [0.15, 0.2) is 6.23 Å². The quantitative estimate of drug-likeness (QED) is 0.557. The number of aromatic amines is 1. The third-order valence-electron chi connectivity index (χ3n) is 7.45. The molecule has 1 amide bonds. The fourth-order valence-corrected chi connectivity index (χ4v) is 5.90. The Bertz CT molecular complexity index is 1430. The number of aliphatic hydroxyl groups excluding tert-OH is 1. The Morgan fingerprint density at radius 2 is 1.70 bits per heavy atom. The molecule has 10 heteroatoms. The molecule has 2 saturated heterocycles. The van der Waals surface area contributed by atoms with Crippen LogP contribution in [0.4, 0.5) is 4.79 Å². The number of aromatic nitrogens is 2. The van der Waals surface area contributed by atoms with E-state index < -0.39 is 47.5 Å². The summed E-state index contributed by atoms with van der Waals surface area (Å²) in [6.45, 7) is 3.20. The summed E-state index contributed by atoms with van der Waals surface area (Å²) in [7, 11) is 0. The van der Waals surface area contributed by atoms with Gasteiger partial charge in [0.1, 0.15) is 30.6 Å². The summed E-state index contributed by atoms with van der Waals surface area (Å²) < 4.78 is 19.2. The van der Waals surface area contributed by atoms with Gasteiger partial charge in [0.05, 0.1) is 6.61 Å². The number of carbonyl (C=O) groups excluding carboxylic acids is 1. The SMILES string of the molecule is CC1(C)O[C@H]2[C@H]([C@H](n3ccc(=O)[nH]c3=O)O[C@@H]2CO)N1C(=O)OCC1c2ccccc2-c2ccccc21. The van der Waals surface area contributed by atoms with Gasteiger partial charge in [0, 0.05) is 18.2 Å². The highest BCUT2D eigenvalue weighted by atomic mass is 16.6. The van der Waals surface area contributed by atoms with Crippen molar-refractivity contribution in [2.75, 3.05) is 13.2 Å². The Labute approximate surface area is 212 Å². The normalized spacial score (nSPS) is 25.5. The molecule has 3 aliphatic rings. The lowest BCUT2D eigenvalue weighted by atomic mass is 9.98. The van der Waals surface area contributed by atoms with Crippen molar-refractivity contribution < 1.29 is 24.1 Å². The maximum atomic E-state index is 13.7. The zero-order valence-corrected chi connectivity index (χ0v) is 20.4. The van der Waals surface area contributed by atoms with Crippen LogP contribution in [-0.4, -0.2) is 62.8 Å². The second kappa shape index (κ2) is 8.69. The van der Waals surface area contributed by atoms with E-state index in [-0.39, 0.29) is 19.1 Å². The molecule has 2 N–H and O–H groups in total. The lowest BCUT2D eigenvalue weighted by Crippen LogP contribution is -2.52. The molecule has 0 spiro atoms. The zero-order chi connectivity index (χ0) is 25.9. The molecule has 0 unspecified atom stereocenters. The van der Waals surface area contributed by atoms with E-state index >= 15 is 0 Å². The molecular formula is C27H27N3O7. The molecule has 0 bridgehead atoms. The van der Waals surface area contributed by atoms with Crippen molar-refractivity contribution in [1.82, 2.24) is 14.5 Å². The minimum absolute atomic E-state index is 0.115. The Kier molecular flexibility index (Phi) is 5.55. The van der Waals surface area contributed by atoms with Crippen LogP contribution in [0.15, 0.2) is 70.4 Å². The van der Waals surface area contributed by atoms with Gasteiger partial charge in [-0.15, -0.1) is 0 Å². The maximum absolute atomic E-state index is 13.7. The summed E-state index contributed by atoms with van der Waals surface area (Å²) in [5.74, 6) is -0.124. The van der Waals surface area contributed by atoms with Gasteiger partial charge in [-0.25, -0.2) is 9.59 Å². The summed E-state index contributed by atoms with van der Waals surface area (Å²) in [5.41, 5.74) is 2.09. The van der Waals surface area contributed by atoms with Crippen LogP contribution < -0.4 is 11.2 Å². The second-order valence-electron chi connectivity index (χ2n) is 9.96. The molecule has 1 aliphatic carbocycles. The van der Waals surface area contributed by atoms with Gasteiger partial charge in [-0.3, -0.25) is 19.2 Å². The molecule has 2 fully saturated rings. The van der Waals surface area contributed by atoms with Crippen LogP contribution >= 0.6 is 0 Å². The second-order valence-corrected chi connectivity index (χ2v) is 9.96. The van der Waals surface area contributed by atoms with E-state index in [1.165, 1.54) is 21.7 Å². The number of H-pyrrole nitrogens is 1. The van der Waals surface area contributed by atoms with Crippen molar-refractivity contribution in [3.05, 3.63) is 92.8 Å². The number of amides is 1. The van der Waals surface area contributed by atoms with Gasteiger partial charge in [-0.2, -0.15) is 0 Å². The summed E-state index contributed by atoms with van der Waals surface area (Å²) in [5, 5.41) is 9.93. The van der Waals surface area contributed by atoms with Crippen LogP contribution in [0.5, 0.6) is 0 Å². The number of hydrogen-bond acceptors (Lipinski definition) is 7. The third-order valence-corrected chi connectivity index (χ3v) is 7.45. The van der Waals surface area contributed by atoms with E-state index in [0.717, 1.165) is 22.3 Å². The van der Waals surface area contributed by atoms with Crippen molar-refractivity contribution >= 4 is 6.09 Å². The molecule has 2 aliphatic heterocycles. The van der Waals surface area contributed by atoms with E-state index in [9.17, 15) is 19.5 Å². The maximum Gasteiger partial charge on any atom is 0.412 e. The highest BCUT2D eigenvalue weighted by Gasteiger charge is 2.61. The predicted octanol–water partition coefficient (Wildman–Crippen LogP) is 2.18. The first kappa shape index (κ1) is 23.7. The molecule has 2 aromatic carbocycles. The van der Waals surface area contributed by atoms with Crippen LogP contribution in [0.2, 0.25) is 0 Å². The standard InChI is InChI=1S/C27H27N3O7/c1-27(2)30(22-23(37-27)20(13-31)36-24(22)29-12-11-21(32)28-25(29)33)26(34)35-14-19-17-9-5-3-7-15(17)16-8-4-6-10-18(16)19/h3-12,19-20,22-24,31H,13-14H2,1-2H3,(H,28,32,33)/t20-,22-,23-,24-/m1/s1. The Balaban J connectivity index is 1.30. The smallest absolute Gasteiger partial charge is 0.412 e. The van der Waals surface area contributed by atoms with E-state index in [2.05, 4.69) is 17.1 Å². The number of fused-ring (bicyclic) bond motifs is 4. The van der Waals surface area contributed by atoms with Crippen molar-refractivity contribution in [2.45, 2.75) is 50.0 Å². The number of benzene rings is 2. The van der Waals surface area contributed by atoms with Crippen LogP contribution in [0.25, 0.3) is 11.1 Å². The summed E-state index contributed by atoms with van der Waals surface area (Å²) in [6.07, 6.45) is -1.79. The highest BCUT2D eigenvalue weighted by Crippen LogP contribution is 2.47. The number of aliphatic hydroxyl groups is 1. The molecule has 1 aromatic heterocycles. The monoisotopic (exact) mass is 505 g/mol. The Morgan fingerprint density at radius 3 is 2.32 bits per heavy atom. The number of nitrogens with one attached hydrogen (secondary N) is 1. The van der Waals surface area contributed by atoms with Gasteiger partial charge in [0.2, 0.25) is 0 Å². The number of ether oxygens (including phenoxy) is 3. The van der Waals surface area contributed by atoms with Crippen molar-refractivity contribution in [1.29, 1.82) is 0 Å². The van der Waals surface area contributed by atoms with Gasteiger partial charge in [-0.05, 0) is 36.1 Å². The molecule has 10 nitrogen and oxygen atoms in total. The number of rotatable bonds is 4. The first-order valence-electron chi connectivity index (χ1n) is 12.2. The molecule has 37 heavy (non-hydrogen) atoms. The Morgan fingerprint density at radius 1 is 1.05 bits per heavy atom. The summed E-state index contributed by atoms with van der Waals surface area (Å²) >= 11 is 0. The lowest BCUT2D eigenvalue weighted by Gasteiger charge is -2.35. The van der Waals surface area contributed by atoms with Crippen molar-refractivity contribution in [2.24, 2.45) is 0 Å². The third kappa shape index (κ3) is 3.71. The minimum Gasteiger partial charge on any atom is -0.448 e. The zero-order valence-electron chi connectivity index (χ0n) is 20.4. The largest absolute Gasteiger partial charge is 0.448 e. The molecule has 0 saturated carbocycles. The first-order chi connectivity index (χ1) is 17.8. The molecule has 4 atom stereocenters. The van der Waals surface area contributed by atoms with Crippen LogP contribution in [-0.2, 0) is 14.2 Å². The number of hydrogen-bond donors (Lipinski definition) is 2. The van der Waals surface area contributed by atoms with Crippen molar-refractivity contribution in [3.8, 4) is 11.1 Å². The summed E-state index contributed by atoms with van der Waals surface area (Å²) in [4.78, 5) is 41.5. The molecule has 192 valence electrons. The van der Waals surface area contributed by atoms with Crippen LogP contribution in [0, 0.1) is 0 Å². The number of carbonyl (C=O) groups is 1. The van der Waals surface area contributed by atoms with Gasteiger partial charge in [0.25, 0.3) is 5.56 Å². The average Bonchev–Trinajstić information content (AvgIpc) is 3.47. The van der Waals surface area contributed by atoms with Gasteiger partial charge < -0.3 is 19.3 Å². The van der Waals surface area contributed by atoms with Crippen LogP contribution in [0.3, 0.4) is 0 Å². The number of nitrogens with zero attached hydrogens (tertiary/aromatic N) is 2. The van der Waals surface area contributed by atoms with Gasteiger partial charge in [-0.1, -0.05) is 48.5 Å². The first-order valence-corrected chi connectivity index (χ1v) is 12.2. The molecular weight excluding hydrogens is 478 g/mol. The van der Waals surface area contributed by atoms with Crippen molar-refractivity contribution in [3.63, 3.8) is 0 Å². The summed E-state index contributed by atoms with van der Waals surface area (Å²) in [6, 6.07) is 16.6. The average molecular weight is 506 g/mol. The van der Waals surface area contributed by atoms with E-state index in [1.54, 1.807) is 13.8 Å². The topological polar surface area (TPSA) is 123 Å². The predicted molar refractivity (Wildman–Crippen MR) is 132 cm³/mol. The molecule has 3 aromatic rings. The molecule has 0 radical (unpaired) electrons. The van der Waals surface area contributed by atoms with E-state index in [1.807, 2.05) is 36.4 Å². The van der Waals surface area contributed by atoms with E-state index in [0.29, 0.717) is 0 Å².